The van der Waals surface area contributed by atoms with Gasteiger partial charge in [-0.05, 0) is 88.9 Å². The van der Waals surface area contributed by atoms with E-state index < -0.39 is 32.6 Å². The molecule has 9 nitrogen and oxygen atoms in total. The molecule has 3 aliphatic heterocycles. The number of aromatic nitrogens is 1. The molecule has 2 aromatic rings. The fourth-order valence-electron chi connectivity index (χ4n) is 6.24. The second-order valence-electron chi connectivity index (χ2n) is 13.0. The fraction of sp³-hybridized carbons (Fsp3) is 0.613. The summed E-state index contributed by atoms with van der Waals surface area (Å²) in [5.74, 6) is 0.369. The molecule has 0 N–H and O–H groups in total. The molecule has 242 valence electrons. The molecule has 0 amide bonds. The highest BCUT2D eigenvalue weighted by Gasteiger charge is 2.39. The second kappa shape index (κ2) is 12.8. The van der Waals surface area contributed by atoms with Gasteiger partial charge in [0.05, 0.1) is 16.4 Å². The van der Waals surface area contributed by atoms with Crippen LogP contribution >= 0.6 is 0 Å². The molecule has 13 heteroatoms. The van der Waals surface area contributed by atoms with Crippen LogP contribution in [0.5, 0.6) is 0 Å². The average Bonchev–Trinajstić information content (AvgIpc) is 3.46. The van der Waals surface area contributed by atoms with Gasteiger partial charge >= 0.3 is 12.1 Å². The zero-order chi connectivity index (χ0) is 31.7. The van der Waals surface area contributed by atoms with E-state index in [4.69, 9.17) is 4.74 Å². The minimum absolute atomic E-state index is 0.216. The van der Waals surface area contributed by atoms with Crippen molar-refractivity contribution in [3.05, 3.63) is 53.7 Å². The van der Waals surface area contributed by atoms with Crippen LogP contribution in [0.4, 0.5) is 24.7 Å². The van der Waals surface area contributed by atoms with Gasteiger partial charge in [0.2, 0.25) is 10.0 Å². The monoisotopic (exact) mass is 637 g/mol. The number of benzene rings is 1. The molecule has 0 spiro atoms. The van der Waals surface area contributed by atoms with Crippen molar-refractivity contribution in [1.29, 1.82) is 0 Å². The molecule has 0 bridgehead atoms. The maximum Gasteiger partial charge on any atom is 0.416 e. The number of hydrogen-bond acceptors (Lipinski definition) is 8. The molecule has 1 atom stereocenters. The first-order valence-electron chi connectivity index (χ1n) is 15.3. The third-order valence-electron chi connectivity index (χ3n) is 8.64. The van der Waals surface area contributed by atoms with Crippen molar-refractivity contribution in [2.24, 2.45) is 5.92 Å². The van der Waals surface area contributed by atoms with Crippen LogP contribution < -0.4 is 9.80 Å². The highest BCUT2D eigenvalue weighted by Crippen LogP contribution is 2.32. The van der Waals surface area contributed by atoms with E-state index in [0.29, 0.717) is 37.5 Å². The molecule has 0 saturated carbocycles. The van der Waals surface area contributed by atoms with E-state index in [1.807, 2.05) is 45.0 Å². The summed E-state index contributed by atoms with van der Waals surface area (Å²) in [6.07, 6.45) is -0.713. The quantitative estimate of drug-likeness (QED) is 0.411. The van der Waals surface area contributed by atoms with E-state index in [1.165, 1.54) is 4.31 Å². The Morgan fingerprint density at radius 2 is 1.57 bits per heavy atom. The largest absolute Gasteiger partial charge is 0.456 e. The molecular weight excluding hydrogens is 595 g/mol. The van der Waals surface area contributed by atoms with Gasteiger partial charge in [0, 0.05) is 64.2 Å². The zero-order valence-corrected chi connectivity index (χ0v) is 26.4. The number of piperazine rings is 1. The number of rotatable bonds is 7. The summed E-state index contributed by atoms with van der Waals surface area (Å²) in [6.45, 7) is 10.5. The predicted molar refractivity (Wildman–Crippen MR) is 163 cm³/mol. The van der Waals surface area contributed by atoms with E-state index in [1.54, 1.807) is 4.90 Å². The van der Waals surface area contributed by atoms with E-state index in [0.717, 1.165) is 63.0 Å². The number of piperidine rings is 1. The van der Waals surface area contributed by atoms with E-state index in [-0.39, 0.29) is 24.9 Å². The average molecular weight is 638 g/mol. The Labute approximate surface area is 258 Å². The van der Waals surface area contributed by atoms with Crippen molar-refractivity contribution in [2.45, 2.75) is 57.1 Å². The third-order valence-corrected chi connectivity index (χ3v) is 11.0. The second-order valence-corrected chi connectivity index (χ2v) is 15.2. The van der Waals surface area contributed by atoms with Crippen LogP contribution in [-0.2, 0) is 20.9 Å². The number of alkyl halides is 3. The van der Waals surface area contributed by atoms with Crippen molar-refractivity contribution >= 4 is 27.5 Å². The van der Waals surface area contributed by atoms with Crippen molar-refractivity contribution < 1.29 is 31.1 Å². The topological polar surface area (TPSA) is 86.3 Å². The molecule has 44 heavy (non-hydrogen) atoms. The number of anilines is 2. The molecule has 1 aromatic carbocycles. The van der Waals surface area contributed by atoms with Crippen LogP contribution in [0.1, 0.15) is 56.0 Å². The van der Waals surface area contributed by atoms with Gasteiger partial charge in [-0.1, -0.05) is 0 Å². The van der Waals surface area contributed by atoms with Crippen LogP contribution in [0.15, 0.2) is 42.6 Å². The molecule has 1 unspecified atom stereocenters. The van der Waals surface area contributed by atoms with Crippen LogP contribution in [0.25, 0.3) is 0 Å². The summed E-state index contributed by atoms with van der Waals surface area (Å²) >= 11 is 0. The molecular formula is C31H42F3N5O4S. The predicted octanol–water partition coefficient (Wildman–Crippen LogP) is 4.50. The van der Waals surface area contributed by atoms with Gasteiger partial charge in [0.1, 0.15) is 11.4 Å². The smallest absolute Gasteiger partial charge is 0.416 e. The standard InChI is InChI=1S/C31H42F3N5O4S/c1-30(2,3)43-29(40)24-4-6-26(7-5-24)37-14-9-23(10-15-37)21-36-13-11-27(22-36)44(41,42)39-18-16-38(17-19-39)28-20-25(8-12-35-28)31(32,33)34/h4-8,12,20,23,27H,9-11,13-19,21-22H2,1-3H3. The fourth-order valence-corrected chi connectivity index (χ4v) is 8.14. The number of carbonyl (C=O) groups is 1. The number of carbonyl (C=O) groups excluding carboxylic acids is 1. The van der Waals surface area contributed by atoms with Crippen molar-refractivity contribution in [1.82, 2.24) is 14.2 Å². The SMILES string of the molecule is CC(C)(C)OC(=O)c1ccc(N2CCC(CN3CCC(S(=O)(=O)N4CCN(c5cc(C(F)(F)F)ccn5)CC4)C3)CC2)cc1. The van der Waals surface area contributed by atoms with Gasteiger partial charge in [-0.3, -0.25) is 0 Å². The molecule has 0 aliphatic carbocycles. The summed E-state index contributed by atoms with van der Waals surface area (Å²) in [5, 5.41) is -0.468. The number of nitrogens with zero attached hydrogens (tertiary/aromatic N) is 5. The lowest BCUT2D eigenvalue weighted by atomic mass is 9.96. The van der Waals surface area contributed by atoms with Gasteiger partial charge in [0.25, 0.3) is 0 Å². The molecule has 1 aromatic heterocycles. The number of likely N-dealkylation sites (tertiary alicyclic amines) is 1. The third kappa shape index (κ3) is 7.84. The van der Waals surface area contributed by atoms with Crippen molar-refractivity contribution in [2.75, 3.05) is 68.7 Å². The lowest BCUT2D eigenvalue weighted by Gasteiger charge is -2.36. The summed E-state index contributed by atoms with van der Waals surface area (Å²) in [6, 6.07) is 9.50. The Hall–Kier alpha value is -2.90. The molecule has 3 saturated heterocycles. The van der Waals surface area contributed by atoms with Gasteiger partial charge in [-0.15, -0.1) is 0 Å². The van der Waals surface area contributed by atoms with Crippen LogP contribution in [-0.4, -0.2) is 98.3 Å². The molecule has 3 aliphatic rings. The van der Waals surface area contributed by atoms with Crippen molar-refractivity contribution in [3.63, 3.8) is 0 Å². The lowest BCUT2D eigenvalue weighted by Crippen LogP contribution is -2.51. The number of pyridine rings is 1. The number of esters is 1. The van der Waals surface area contributed by atoms with Crippen LogP contribution in [0.2, 0.25) is 0 Å². The van der Waals surface area contributed by atoms with E-state index >= 15 is 0 Å². The maximum atomic E-state index is 13.5. The van der Waals surface area contributed by atoms with Gasteiger partial charge < -0.3 is 19.4 Å². The zero-order valence-electron chi connectivity index (χ0n) is 25.6. The first kappa shape index (κ1) is 32.5. The normalized spacial score (nSPS) is 21.5. The Kier molecular flexibility index (Phi) is 9.48. The molecule has 0 radical (unpaired) electrons. The van der Waals surface area contributed by atoms with Gasteiger partial charge in [-0.2, -0.15) is 17.5 Å². The summed E-state index contributed by atoms with van der Waals surface area (Å²) < 4.78 is 73.2. The minimum Gasteiger partial charge on any atom is -0.456 e. The Morgan fingerprint density at radius 3 is 2.18 bits per heavy atom. The molecule has 5 rings (SSSR count). The first-order chi connectivity index (χ1) is 20.7. The number of sulfonamides is 1. The van der Waals surface area contributed by atoms with E-state index in [9.17, 15) is 26.4 Å². The summed E-state index contributed by atoms with van der Waals surface area (Å²) in [5.41, 5.74) is 0.310. The minimum atomic E-state index is -4.45. The van der Waals surface area contributed by atoms with Gasteiger partial charge in [0.15, 0.2) is 0 Å². The maximum absolute atomic E-state index is 13.5. The molecule has 4 heterocycles. The molecule has 3 fully saturated rings. The number of halogens is 3. The summed E-state index contributed by atoms with van der Waals surface area (Å²) in [7, 11) is -3.51. The van der Waals surface area contributed by atoms with Gasteiger partial charge in [-0.25, -0.2) is 18.2 Å². The van der Waals surface area contributed by atoms with E-state index in [2.05, 4.69) is 14.8 Å². The van der Waals surface area contributed by atoms with Crippen molar-refractivity contribution in [3.8, 4) is 0 Å². The first-order valence-corrected chi connectivity index (χ1v) is 16.8. The number of hydrogen-bond donors (Lipinski definition) is 0. The Balaban J connectivity index is 1.07. The Morgan fingerprint density at radius 1 is 0.909 bits per heavy atom. The lowest BCUT2D eigenvalue weighted by molar-refractivity contribution is -0.137. The Bertz CT molecular complexity index is 1400. The highest BCUT2D eigenvalue weighted by atomic mass is 32.2. The van der Waals surface area contributed by atoms with Crippen LogP contribution in [0.3, 0.4) is 0 Å². The highest BCUT2D eigenvalue weighted by molar-refractivity contribution is 7.89. The summed E-state index contributed by atoms with van der Waals surface area (Å²) in [4.78, 5) is 22.7. The number of ether oxygens (including phenoxy) is 1. The van der Waals surface area contributed by atoms with Crippen LogP contribution in [0, 0.1) is 5.92 Å².